The van der Waals surface area contributed by atoms with Crippen molar-refractivity contribution in [2.45, 2.75) is 11.8 Å². The van der Waals surface area contributed by atoms with Crippen LogP contribution < -0.4 is 10.7 Å². The van der Waals surface area contributed by atoms with E-state index in [0.717, 1.165) is 16.8 Å². The van der Waals surface area contributed by atoms with E-state index in [2.05, 4.69) is 10.1 Å². The number of fused-ring (bicyclic) bond motifs is 1. The Balaban J connectivity index is 1.77. The van der Waals surface area contributed by atoms with Gasteiger partial charge in [0.1, 0.15) is 0 Å². The number of nitrogens with one attached hydrogen (secondary N) is 1. The minimum Gasteiger partial charge on any atom is -0.295 e. The van der Waals surface area contributed by atoms with Crippen molar-refractivity contribution in [2.75, 3.05) is 0 Å². The minimum absolute atomic E-state index is 0.0105. The summed E-state index contributed by atoms with van der Waals surface area (Å²) in [5.74, 6) is 0. The molecule has 4 rings (SSSR count). The molecule has 0 amide bonds. The smallest absolute Gasteiger partial charge is 0.278 e. The molecule has 8 heteroatoms. The molecule has 0 bridgehead atoms. The number of aliphatic imine (C=N–C) groups is 1. The number of benzene rings is 2. The van der Waals surface area contributed by atoms with Gasteiger partial charge in [-0.15, -0.1) is 0 Å². The maximum Gasteiger partial charge on any atom is 0.278 e. The summed E-state index contributed by atoms with van der Waals surface area (Å²) in [4.78, 5) is 17.2. The van der Waals surface area contributed by atoms with Crippen LogP contribution in [0, 0.1) is 6.92 Å². The summed E-state index contributed by atoms with van der Waals surface area (Å²) < 4.78 is 24.1. The zero-order valence-electron chi connectivity index (χ0n) is 14.4. The number of allylic oxidation sites excluding steroid dienone is 1. The van der Waals surface area contributed by atoms with Gasteiger partial charge < -0.3 is 0 Å². The lowest BCUT2D eigenvalue weighted by molar-refractivity contribution is 0.598. The summed E-state index contributed by atoms with van der Waals surface area (Å²) >= 11 is 0. The molecule has 0 atom stereocenters. The normalized spacial score (nSPS) is 14.7. The number of aryl methyl sites for hydroxylation is 1. The Labute approximate surface area is 155 Å². The Morgan fingerprint density at radius 2 is 1.81 bits per heavy atom. The average molecular weight is 380 g/mol. The van der Waals surface area contributed by atoms with Crippen LogP contribution in [0.15, 0.2) is 63.2 Å². The highest BCUT2D eigenvalue weighted by Crippen LogP contribution is 2.32. The van der Waals surface area contributed by atoms with Crippen molar-refractivity contribution in [1.82, 2.24) is 9.78 Å². The average Bonchev–Trinajstić information content (AvgIpc) is 3.17. The van der Waals surface area contributed by atoms with E-state index in [1.165, 1.54) is 28.9 Å². The highest BCUT2D eigenvalue weighted by atomic mass is 32.2. The van der Waals surface area contributed by atoms with Gasteiger partial charge in [-0.1, -0.05) is 18.2 Å². The zero-order chi connectivity index (χ0) is 19.2. The number of nitrogens with two attached hydrogens (primary N) is 1. The molecule has 3 N–H and O–H groups in total. The van der Waals surface area contributed by atoms with E-state index in [9.17, 15) is 13.2 Å². The number of hydrogen-bond donors (Lipinski definition) is 2. The first-order valence-electron chi connectivity index (χ1n) is 8.14. The van der Waals surface area contributed by atoms with Crippen molar-refractivity contribution < 1.29 is 8.42 Å². The number of H-pyrrole nitrogens is 1. The van der Waals surface area contributed by atoms with E-state index < -0.39 is 10.0 Å². The maximum atomic E-state index is 12.9. The van der Waals surface area contributed by atoms with Crippen molar-refractivity contribution in [3.05, 3.63) is 75.7 Å². The van der Waals surface area contributed by atoms with Gasteiger partial charge in [0, 0.05) is 23.0 Å². The van der Waals surface area contributed by atoms with Crippen LogP contribution in [0.25, 0.3) is 17.3 Å². The van der Waals surface area contributed by atoms with E-state index >= 15 is 0 Å². The number of aromatic amines is 1. The molecular weight excluding hydrogens is 364 g/mol. The molecule has 2 aromatic carbocycles. The second-order valence-electron chi connectivity index (χ2n) is 6.20. The molecule has 3 aromatic rings. The van der Waals surface area contributed by atoms with Crippen molar-refractivity contribution in [3.8, 4) is 5.69 Å². The number of aromatic nitrogens is 2. The van der Waals surface area contributed by atoms with Crippen LogP contribution in [0.3, 0.4) is 0 Å². The van der Waals surface area contributed by atoms with Gasteiger partial charge in [0.05, 0.1) is 21.8 Å². The van der Waals surface area contributed by atoms with Gasteiger partial charge in [0.25, 0.3) is 5.56 Å². The summed E-state index contributed by atoms with van der Waals surface area (Å²) in [6.45, 7) is 1.81. The minimum atomic E-state index is -3.78. The third-order valence-corrected chi connectivity index (χ3v) is 5.33. The number of para-hydroxylation sites is 1. The standard InChI is InChI=1S/C19H16N4O3S/c1-12-17(10-13-11-21-18-5-3-2-4-16(13)18)19(24)23(22-12)14-6-8-15(9-7-14)27(20,25)26/h2-11,22H,1H3,(H2,20,25,26)/b13-10+. The number of nitrogens with zero attached hydrogens (tertiary/aromatic N) is 2. The van der Waals surface area contributed by atoms with Gasteiger partial charge in [-0.3, -0.25) is 14.9 Å². The third-order valence-electron chi connectivity index (χ3n) is 4.40. The maximum absolute atomic E-state index is 12.9. The molecule has 136 valence electrons. The molecule has 0 spiro atoms. The summed E-state index contributed by atoms with van der Waals surface area (Å²) in [5, 5.41) is 8.13. The molecule has 0 radical (unpaired) electrons. The lowest BCUT2D eigenvalue weighted by atomic mass is 10.0. The number of sulfonamides is 1. The van der Waals surface area contributed by atoms with Crippen LogP contribution in [0.1, 0.15) is 16.8 Å². The fourth-order valence-corrected chi connectivity index (χ4v) is 3.52. The topological polar surface area (TPSA) is 110 Å². The number of hydrogen-bond acceptors (Lipinski definition) is 4. The summed E-state index contributed by atoms with van der Waals surface area (Å²) in [6, 6.07) is 13.5. The third kappa shape index (κ3) is 3.05. The van der Waals surface area contributed by atoms with E-state index in [1.807, 2.05) is 24.3 Å². The van der Waals surface area contributed by atoms with Gasteiger partial charge in [-0.05, 0) is 43.3 Å². The first kappa shape index (κ1) is 17.2. The molecule has 1 aromatic heterocycles. The van der Waals surface area contributed by atoms with Gasteiger partial charge in [-0.25, -0.2) is 18.2 Å². The van der Waals surface area contributed by atoms with Crippen LogP contribution >= 0.6 is 0 Å². The summed E-state index contributed by atoms with van der Waals surface area (Å²) in [6.07, 6.45) is 3.54. The molecule has 27 heavy (non-hydrogen) atoms. The van der Waals surface area contributed by atoms with Crippen LogP contribution in [0.2, 0.25) is 0 Å². The van der Waals surface area contributed by atoms with E-state index in [1.54, 1.807) is 19.2 Å². The lowest BCUT2D eigenvalue weighted by Crippen LogP contribution is -2.17. The molecule has 0 unspecified atom stereocenters. The molecule has 0 saturated heterocycles. The SMILES string of the molecule is Cc1[nH]n(-c2ccc(S(N)(=O)=O)cc2)c(=O)c1/C=C1\C=Nc2ccccc21. The van der Waals surface area contributed by atoms with Crippen molar-refractivity contribution in [3.63, 3.8) is 0 Å². The molecule has 7 nitrogen and oxygen atoms in total. The molecule has 1 aliphatic rings. The first-order chi connectivity index (χ1) is 12.8. The van der Waals surface area contributed by atoms with Crippen LogP contribution in [-0.2, 0) is 10.0 Å². The van der Waals surface area contributed by atoms with Crippen molar-refractivity contribution in [2.24, 2.45) is 10.1 Å². The Hall–Kier alpha value is -3.23. The molecule has 2 heterocycles. The molecule has 0 fully saturated rings. The highest BCUT2D eigenvalue weighted by Gasteiger charge is 2.16. The zero-order valence-corrected chi connectivity index (χ0v) is 15.2. The Bertz CT molecular complexity index is 1260. The number of rotatable bonds is 3. The van der Waals surface area contributed by atoms with E-state index in [4.69, 9.17) is 5.14 Å². The molecule has 1 aliphatic heterocycles. The summed E-state index contributed by atoms with van der Waals surface area (Å²) in [7, 11) is -3.78. The van der Waals surface area contributed by atoms with Crippen LogP contribution in [0.5, 0.6) is 0 Å². The van der Waals surface area contributed by atoms with Crippen LogP contribution in [0.4, 0.5) is 5.69 Å². The van der Waals surface area contributed by atoms with Crippen LogP contribution in [-0.4, -0.2) is 24.4 Å². The molecule has 0 saturated carbocycles. The van der Waals surface area contributed by atoms with Gasteiger partial charge >= 0.3 is 0 Å². The molecule has 0 aliphatic carbocycles. The van der Waals surface area contributed by atoms with E-state index in [0.29, 0.717) is 16.9 Å². The van der Waals surface area contributed by atoms with E-state index in [-0.39, 0.29) is 10.5 Å². The quantitative estimate of drug-likeness (QED) is 0.728. The fourth-order valence-electron chi connectivity index (χ4n) is 3.01. The predicted octanol–water partition coefficient (Wildman–Crippen LogP) is 2.38. The number of primary sulfonamides is 1. The van der Waals surface area contributed by atoms with Gasteiger partial charge in [0.2, 0.25) is 10.0 Å². The highest BCUT2D eigenvalue weighted by molar-refractivity contribution is 7.89. The van der Waals surface area contributed by atoms with Crippen molar-refractivity contribution >= 4 is 33.6 Å². The first-order valence-corrected chi connectivity index (χ1v) is 9.69. The molecular formula is C19H16N4O3S. The monoisotopic (exact) mass is 380 g/mol. The Morgan fingerprint density at radius 3 is 2.52 bits per heavy atom. The lowest BCUT2D eigenvalue weighted by Gasteiger charge is -2.03. The second kappa shape index (κ2) is 6.19. The predicted molar refractivity (Wildman–Crippen MR) is 105 cm³/mol. The van der Waals surface area contributed by atoms with Gasteiger partial charge in [-0.2, -0.15) is 0 Å². The van der Waals surface area contributed by atoms with Crippen molar-refractivity contribution in [1.29, 1.82) is 0 Å². The largest absolute Gasteiger partial charge is 0.295 e. The second-order valence-corrected chi connectivity index (χ2v) is 7.77. The summed E-state index contributed by atoms with van der Waals surface area (Å²) in [5.41, 5.74) is 4.20. The van der Waals surface area contributed by atoms with Gasteiger partial charge in [0.15, 0.2) is 0 Å². The Morgan fingerprint density at radius 1 is 1.11 bits per heavy atom. The Kier molecular flexibility index (Phi) is 3.94. The fraction of sp³-hybridized carbons (Fsp3) is 0.0526.